The fourth-order valence-corrected chi connectivity index (χ4v) is 2.19. The minimum Gasteiger partial charge on any atom is -0.302 e. The summed E-state index contributed by atoms with van der Waals surface area (Å²) >= 11 is 4.26. The van der Waals surface area contributed by atoms with E-state index in [9.17, 15) is 0 Å². The summed E-state index contributed by atoms with van der Waals surface area (Å²) in [4.78, 5) is 2.37. The molecule has 0 N–H and O–H groups in total. The highest BCUT2D eigenvalue weighted by molar-refractivity contribution is 7.80. The van der Waals surface area contributed by atoms with Crippen molar-refractivity contribution in [3.8, 4) is 0 Å². The van der Waals surface area contributed by atoms with Crippen LogP contribution in [0.5, 0.6) is 0 Å². The van der Waals surface area contributed by atoms with Gasteiger partial charge in [-0.25, -0.2) is 0 Å². The fourth-order valence-electron chi connectivity index (χ4n) is 2.05. The lowest BCUT2D eigenvalue weighted by Gasteiger charge is -2.22. The Morgan fingerprint density at radius 3 is 2.39 bits per heavy atom. The minimum absolute atomic E-state index is 0.237. The Morgan fingerprint density at radius 1 is 1.22 bits per heavy atom. The number of nitrogens with zero attached hydrogens (tertiary/aromatic N) is 1. The molecule has 0 saturated carbocycles. The van der Waals surface area contributed by atoms with Gasteiger partial charge in [0.25, 0.3) is 0 Å². The van der Waals surface area contributed by atoms with Gasteiger partial charge in [-0.1, -0.05) is 39.0 Å². The quantitative estimate of drug-likeness (QED) is 0.786. The Morgan fingerprint density at radius 2 is 1.89 bits per heavy atom. The first-order chi connectivity index (χ1) is 8.34. The van der Waals surface area contributed by atoms with Gasteiger partial charge < -0.3 is 4.90 Å². The van der Waals surface area contributed by atoms with Gasteiger partial charge in [-0.3, -0.25) is 0 Å². The predicted molar refractivity (Wildman–Crippen MR) is 84.7 cm³/mol. The lowest BCUT2D eigenvalue weighted by molar-refractivity contribution is 0.328. The van der Waals surface area contributed by atoms with E-state index in [1.807, 2.05) is 0 Å². The van der Waals surface area contributed by atoms with Gasteiger partial charge in [-0.2, -0.15) is 12.6 Å². The zero-order valence-electron chi connectivity index (χ0n) is 12.5. The van der Waals surface area contributed by atoms with Crippen molar-refractivity contribution in [2.75, 3.05) is 19.3 Å². The number of benzene rings is 1. The van der Waals surface area contributed by atoms with Crippen molar-refractivity contribution in [1.29, 1.82) is 0 Å². The summed E-state index contributed by atoms with van der Waals surface area (Å²) in [6.07, 6.45) is 1.15. The van der Waals surface area contributed by atoms with Crippen molar-refractivity contribution < 1.29 is 0 Å². The highest BCUT2D eigenvalue weighted by atomic mass is 32.1. The molecule has 0 atom stereocenters. The zero-order chi connectivity index (χ0) is 13.8. The third-order valence-electron chi connectivity index (χ3n) is 3.35. The van der Waals surface area contributed by atoms with E-state index in [4.69, 9.17) is 0 Å². The molecule has 18 heavy (non-hydrogen) atoms. The van der Waals surface area contributed by atoms with Gasteiger partial charge in [-0.15, -0.1) is 0 Å². The van der Waals surface area contributed by atoms with E-state index >= 15 is 0 Å². The summed E-state index contributed by atoms with van der Waals surface area (Å²) in [5.41, 5.74) is 4.49. The molecule has 1 aromatic rings. The van der Waals surface area contributed by atoms with Crippen LogP contribution in [0, 0.1) is 6.92 Å². The van der Waals surface area contributed by atoms with Crippen LogP contribution in [0.3, 0.4) is 0 Å². The Labute approximate surface area is 118 Å². The molecule has 0 fully saturated rings. The highest BCUT2D eigenvalue weighted by Crippen LogP contribution is 2.24. The largest absolute Gasteiger partial charge is 0.302 e. The number of rotatable bonds is 5. The number of aryl methyl sites for hydroxylation is 1. The van der Waals surface area contributed by atoms with Crippen molar-refractivity contribution in [1.82, 2.24) is 4.90 Å². The summed E-state index contributed by atoms with van der Waals surface area (Å²) in [7, 11) is 2.18. The van der Waals surface area contributed by atoms with Crippen molar-refractivity contribution >= 4 is 12.6 Å². The van der Waals surface area contributed by atoms with Crippen LogP contribution in [0.4, 0.5) is 0 Å². The average Bonchev–Trinajstić information content (AvgIpc) is 2.27. The molecule has 0 aliphatic carbocycles. The smallest absolute Gasteiger partial charge is 0.0233 e. The maximum absolute atomic E-state index is 4.26. The fraction of sp³-hybridized carbons (Fsp3) is 0.625. The summed E-state index contributed by atoms with van der Waals surface area (Å²) in [5, 5.41) is 0. The van der Waals surface area contributed by atoms with Gasteiger partial charge in [0, 0.05) is 6.54 Å². The Balaban J connectivity index is 2.74. The molecule has 102 valence electrons. The van der Waals surface area contributed by atoms with E-state index in [1.165, 1.54) is 16.7 Å². The van der Waals surface area contributed by atoms with E-state index in [-0.39, 0.29) is 5.41 Å². The highest BCUT2D eigenvalue weighted by Gasteiger charge is 2.14. The second-order valence-corrected chi connectivity index (χ2v) is 6.65. The minimum atomic E-state index is 0.237. The molecule has 2 heteroatoms. The van der Waals surface area contributed by atoms with Gasteiger partial charge in [0.1, 0.15) is 0 Å². The molecule has 0 amide bonds. The molecule has 1 rings (SSSR count). The SMILES string of the molecule is Cc1cc(C(C)(C)C)ccc1CN(C)CCCS. The topological polar surface area (TPSA) is 3.24 Å². The second kappa shape index (κ2) is 6.63. The number of hydrogen-bond acceptors (Lipinski definition) is 2. The predicted octanol–water partition coefficient (Wildman–Crippen LogP) is 4.04. The standard InChI is InChI=1S/C16H27NS/c1-13-11-15(16(2,3)4)8-7-14(13)12-17(5)9-6-10-18/h7-8,11,18H,6,9-10,12H2,1-5H3. The van der Waals surface area contributed by atoms with Crippen LogP contribution in [0.15, 0.2) is 18.2 Å². The molecule has 0 unspecified atom stereocenters. The maximum Gasteiger partial charge on any atom is 0.0233 e. The molecule has 0 radical (unpaired) electrons. The zero-order valence-corrected chi connectivity index (χ0v) is 13.3. The molecule has 0 aliphatic rings. The van der Waals surface area contributed by atoms with Crippen LogP contribution in [-0.2, 0) is 12.0 Å². The lowest BCUT2D eigenvalue weighted by atomic mass is 9.85. The molecule has 0 heterocycles. The normalized spacial score (nSPS) is 12.2. The van der Waals surface area contributed by atoms with Crippen LogP contribution in [0.1, 0.15) is 43.9 Å². The van der Waals surface area contributed by atoms with Crippen molar-refractivity contribution in [3.05, 3.63) is 34.9 Å². The van der Waals surface area contributed by atoms with Gasteiger partial charge in [0.15, 0.2) is 0 Å². The second-order valence-electron chi connectivity index (χ2n) is 6.21. The van der Waals surface area contributed by atoms with E-state index in [1.54, 1.807) is 0 Å². The number of hydrogen-bond donors (Lipinski definition) is 1. The van der Waals surface area contributed by atoms with Gasteiger partial charge in [0.05, 0.1) is 0 Å². The van der Waals surface area contributed by atoms with E-state index in [2.05, 4.69) is 70.5 Å². The van der Waals surface area contributed by atoms with Gasteiger partial charge in [0.2, 0.25) is 0 Å². The first-order valence-electron chi connectivity index (χ1n) is 6.74. The molecule has 0 aliphatic heterocycles. The molecular formula is C16H27NS. The van der Waals surface area contributed by atoms with Crippen molar-refractivity contribution in [2.45, 2.75) is 46.1 Å². The average molecular weight is 265 g/mol. The molecule has 1 nitrogen and oxygen atoms in total. The van der Waals surface area contributed by atoms with E-state index in [0.29, 0.717) is 0 Å². The van der Waals surface area contributed by atoms with E-state index in [0.717, 1.165) is 25.3 Å². The first kappa shape index (κ1) is 15.6. The summed E-state index contributed by atoms with van der Waals surface area (Å²) in [6.45, 7) is 11.2. The van der Waals surface area contributed by atoms with Crippen LogP contribution in [-0.4, -0.2) is 24.2 Å². The monoisotopic (exact) mass is 265 g/mol. The van der Waals surface area contributed by atoms with E-state index < -0.39 is 0 Å². The first-order valence-corrected chi connectivity index (χ1v) is 7.37. The molecule has 0 aromatic heterocycles. The molecular weight excluding hydrogens is 238 g/mol. The molecule has 1 aromatic carbocycles. The van der Waals surface area contributed by atoms with Crippen LogP contribution < -0.4 is 0 Å². The molecule has 0 saturated heterocycles. The maximum atomic E-state index is 4.26. The van der Waals surface area contributed by atoms with Crippen LogP contribution >= 0.6 is 12.6 Å². The molecule has 0 spiro atoms. The Bertz CT molecular complexity index is 379. The van der Waals surface area contributed by atoms with Crippen molar-refractivity contribution in [3.63, 3.8) is 0 Å². The Hall–Kier alpha value is -0.470. The third-order valence-corrected chi connectivity index (χ3v) is 3.66. The molecule has 0 bridgehead atoms. The number of thiol groups is 1. The van der Waals surface area contributed by atoms with Crippen LogP contribution in [0.2, 0.25) is 0 Å². The summed E-state index contributed by atoms with van der Waals surface area (Å²) < 4.78 is 0. The summed E-state index contributed by atoms with van der Waals surface area (Å²) in [5.74, 6) is 0.965. The lowest BCUT2D eigenvalue weighted by Crippen LogP contribution is -2.20. The third kappa shape index (κ3) is 4.66. The summed E-state index contributed by atoms with van der Waals surface area (Å²) in [6, 6.07) is 6.89. The van der Waals surface area contributed by atoms with Gasteiger partial charge >= 0.3 is 0 Å². The van der Waals surface area contributed by atoms with Gasteiger partial charge in [-0.05, 0) is 54.8 Å². The van der Waals surface area contributed by atoms with Crippen molar-refractivity contribution in [2.24, 2.45) is 0 Å². The van der Waals surface area contributed by atoms with Crippen LogP contribution in [0.25, 0.3) is 0 Å². The Kier molecular flexibility index (Phi) is 5.74.